The highest BCUT2D eigenvalue weighted by Crippen LogP contribution is 2.31. The van der Waals surface area contributed by atoms with Crippen LogP contribution in [0.15, 0.2) is 12.1 Å². The van der Waals surface area contributed by atoms with E-state index in [2.05, 4.69) is 17.1 Å². The van der Waals surface area contributed by atoms with E-state index >= 15 is 0 Å². The molecule has 2 heterocycles. The number of piperidine rings is 2. The van der Waals surface area contributed by atoms with Crippen molar-refractivity contribution in [1.82, 2.24) is 10.2 Å². The van der Waals surface area contributed by atoms with Gasteiger partial charge in [0.1, 0.15) is 5.75 Å². The predicted molar refractivity (Wildman–Crippen MR) is 96.7 cm³/mol. The lowest BCUT2D eigenvalue weighted by Gasteiger charge is -2.46. The molecule has 3 rings (SSSR count). The number of ether oxygens (including phenoxy) is 1. The van der Waals surface area contributed by atoms with E-state index in [4.69, 9.17) is 22.1 Å². The molecule has 0 bridgehead atoms. The third-order valence-corrected chi connectivity index (χ3v) is 5.71. The second-order valence-corrected chi connectivity index (χ2v) is 7.35. The lowest BCUT2D eigenvalue weighted by molar-refractivity contribution is 0.0457. The maximum Gasteiger partial charge on any atom is 0.255 e. The number of fused-ring (bicyclic) bond motifs is 1. The Morgan fingerprint density at radius 3 is 2.92 bits per heavy atom. The van der Waals surface area contributed by atoms with Gasteiger partial charge in [-0.2, -0.15) is 0 Å². The summed E-state index contributed by atoms with van der Waals surface area (Å²) in [7, 11) is 1.53. The molecule has 2 aliphatic heterocycles. The Morgan fingerprint density at radius 1 is 1.38 bits per heavy atom. The summed E-state index contributed by atoms with van der Waals surface area (Å²) >= 11 is 6.07. The van der Waals surface area contributed by atoms with Crippen molar-refractivity contribution < 1.29 is 9.53 Å². The fourth-order valence-corrected chi connectivity index (χ4v) is 4.22. The minimum atomic E-state index is -0.143. The van der Waals surface area contributed by atoms with Crippen LogP contribution in [0.2, 0.25) is 5.02 Å². The van der Waals surface area contributed by atoms with E-state index in [1.54, 1.807) is 12.1 Å². The molecule has 2 aliphatic rings. The summed E-state index contributed by atoms with van der Waals surface area (Å²) in [4.78, 5) is 15.3. The summed E-state index contributed by atoms with van der Waals surface area (Å²) in [6, 6.07) is 4.64. The highest BCUT2D eigenvalue weighted by molar-refractivity contribution is 6.33. The van der Waals surface area contributed by atoms with Crippen LogP contribution < -0.4 is 15.8 Å². The number of hydrogen-bond acceptors (Lipinski definition) is 4. The van der Waals surface area contributed by atoms with Crippen molar-refractivity contribution in [2.75, 3.05) is 19.4 Å². The average molecular weight is 352 g/mol. The second-order valence-electron chi connectivity index (χ2n) is 6.94. The van der Waals surface area contributed by atoms with Gasteiger partial charge in [-0.05, 0) is 38.7 Å². The minimum absolute atomic E-state index is 0.143. The molecule has 3 atom stereocenters. The highest BCUT2D eigenvalue weighted by Gasteiger charge is 2.34. The number of anilines is 1. The van der Waals surface area contributed by atoms with Crippen LogP contribution in [0.3, 0.4) is 0 Å². The summed E-state index contributed by atoms with van der Waals surface area (Å²) in [5, 5.41) is 3.53. The number of nitrogens with zero attached hydrogens (tertiary/aromatic N) is 1. The third-order valence-electron chi connectivity index (χ3n) is 5.39. The standard InChI is InChI=1S/C18H26ClN3O2/c1-11-4-3-5-13-8-12(6-7-22(11)13)21-18(23)14-9-15(19)16(20)10-17(14)24-2/h9-13H,3-8,20H2,1-2H3,(H,21,23)/t11-,12+,13-/m0/s1. The van der Waals surface area contributed by atoms with Crippen LogP contribution in [-0.2, 0) is 0 Å². The predicted octanol–water partition coefficient (Wildman–Crippen LogP) is 3.07. The molecular weight excluding hydrogens is 326 g/mol. The number of nitrogens with one attached hydrogen (secondary N) is 1. The number of rotatable bonds is 3. The SMILES string of the molecule is COc1cc(N)c(Cl)cc1C(=O)N[C@@H]1CCN2[C@@H](CCC[C@@H]2C)C1. The molecule has 3 N–H and O–H groups in total. The zero-order valence-corrected chi connectivity index (χ0v) is 15.1. The first-order chi connectivity index (χ1) is 11.5. The van der Waals surface area contributed by atoms with Crippen LogP contribution in [0.4, 0.5) is 5.69 Å². The zero-order chi connectivity index (χ0) is 17.3. The maximum absolute atomic E-state index is 12.7. The molecule has 24 heavy (non-hydrogen) atoms. The molecular formula is C18H26ClN3O2. The van der Waals surface area contributed by atoms with E-state index in [0.29, 0.717) is 34.1 Å². The Kier molecular flexibility index (Phi) is 5.21. The summed E-state index contributed by atoms with van der Waals surface area (Å²) < 4.78 is 5.28. The molecule has 0 saturated carbocycles. The van der Waals surface area contributed by atoms with Crippen molar-refractivity contribution in [2.45, 2.75) is 57.2 Å². The number of nitrogen functional groups attached to an aromatic ring is 1. The number of methoxy groups -OCH3 is 1. The first kappa shape index (κ1) is 17.4. The molecule has 2 fully saturated rings. The smallest absolute Gasteiger partial charge is 0.255 e. The number of halogens is 1. The lowest BCUT2D eigenvalue weighted by Crippen LogP contribution is -2.54. The van der Waals surface area contributed by atoms with E-state index in [9.17, 15) is 4.79 Å². The molecule has 5 nitrogen and oxygen atoms in total. The highest BCUT2D eigenvalue weighted by atomic mass is 35.5. The molecule has 0 unspecified atom stereocenters. The van der Waals surface area contributed by atoms with Crippen LogP contribution >= 0.6 is 11.6 Å². The molecule has 1 amide bonds. The van der Waals surface area contributed by atoms with Gasteiger partial charge in [-0.3, -0.25) is 9.69 Å². The minimum Gasteiger partial charge on any atom is -0.496 e. The van der Waals surface area contributed by atoms with Gasteiger partial charge in [-0.1, -0.05) is 18.0 Å². The van der Waals surface area contributed by atoms with Gasteiger partial charge in [-0.15, -0.1) is 0 Å². The largest absolute Gasteiger partial charge is 0.496 e. The van der Waals surface area contributed by atoms with Crippen molar-refractivity contribution in [1.29, 1.82) is 0 Å². The zero-order valence-electron chi connectivity index (χ0n) is 14.3. The van der Waals surface area contributed by atoms with Gasteiger partial charge in [0.2, 0.25) is 0 Å². The van der Waals surface area contributed by atoms with Crippen LogP contribution in [0.25, 0.3) is 0 Å². The number of carbonyl (C=O) groups excluding carboxylic acids is 1. The van der Waals surface area contributed by atoms with Gasteiger partial charge in [0.05, 0.1) is 23.4 Å². The van der Waals surface area contributed by atoms with E-state index in [1.165, 1.54) is 26.4 Å². The van der Waals surface area contributed by atoms with E-state index < -0.39 is 0 Å². The molecule has 0 spiro atoms. The molecule has 0 radical (unpaired) electrons. The van der Waals surface area contributed by atoms with Crippen LogP contribution in [-0.4, -0.2) is 42.6 Å². The molecule has 2 saturated heterocycles. The third kappa shape index (κ3) is 3.47. The van der Waals surface area contributed by atoms with E-state index in [0.717, 1.165) is 19.4 Å². The fraction of sp³-hybridized carbons (Fsp3) is 0.611. The molecule has 1 aromatic carbocycles. The summed E-state index contributed by atoms with van der Waals surface area (Å²) in [5.41, 5.74) is 6.64. The van der Waals surface area contributed by atoms with Crippen molar-refractivity contribution in [2.24, 2.45) is 0 Å². The van der Waals surface area contributed by atoms with E-state index in [1.807, 2.05) is 0 Å². The van der Waals surface area contributed by atoms with Crippen molar-refractivity contribution in [3.63, 3.8) is 0 Å². The Hall–Kier alpha value is -1.46. The number of benzene rings is 1. The second kappa shape index (κ2) is 7.19. The topological polar surface area (TPSA) is 67.6 Å². The van der Waals surface area contributed by atoms with Gasteiger partial charge in [-0.25, -0.2) is 0 Å². The van der Waals surface area contributed by atoms with Gasteiger partial charge in [0.15, 0.2) is 0 Å². The van der Waals surface area contributed by atoms with E-state index in [-0.39, 0.29) is 11.9 Å². The number of amides is 1. The van der Waals surface area contributed by atoms with Crippen LogP contribution in [0.1, 0.15) is 49.4 Å². The van der Waals surface area contributed by atoms with Crippen molar-refractivity contribution in [3.05, 3.63) is 22.7 Å². The molecule has 6 heteroatoms. The number of hydrogen-bond donors (Lipinski definition) is 2. The molecule has 0 aliphatic carbocycles. The average Bonchev–Trinajstić information content (AvgIpc) is 2.57. The Morgan fingerprint density at radius 2 is 2.17 bits per heavy atom. The monoisotopic (exact) mass is 351 g/mol. The van der Waals surface area contributed by atoms with Gasteiger partial charge in [0.25, 0.3) is 5.91 Å². The quantitative estimate of drug-likeness (QED) is 0.821. The Balaban J connectivity index is 1.68. The van der Waals surface area contributed by atoms with Gasteiger partial charge in [0, 0.05) is 30.7 Å². The molecule has 132 valence electrons. The van der Waals surface area contributed by atoms with Crippen LogP contribution in [0.5, 0.6) is 5.75 Å². The fourth-order valence-electron chi connectivity index (χ4n) is 4.06. The van der Waals surface area contributed by atoms with Gasteiger partial charge < -0.3 is 15.8 Å². The Labute approximate surface area is 148 Å². The number of nitrogens with two attached hydrogens (primary N) is 1. The van der Waals surface area contributed by atoms with Crippen molar-refractivity contribution in [3.8, 4) is 5.75 Å². The summed E-state index contributed by atoms with van der Waals surface area (Å²) in [5.74, 6) is 0.314. The van der Waals surface area contributed by atoms with Crippen molar-refractivity contribution >= 4 is 23.2 Å². The lowest BCUT2D eigenvalue weighted by atomic mass is 9.87. The summed E-state index contributed by atoms with van der Waals surface area (Å²) in [6.45, 7) is 3.36. The Bertz CT molecular complexity index is 623. The molecule has 0 aromatic heterocycles. The maximum atomic E-state index is 12.7. The number of carbonyl (C=O) groups is 1. The molecule has 1 aromatic rings. The van der Waals surface area contributed by atoms with Gasteiger partial charge >= 0.3 is 0 Å². The first-order valence-corrected chi connectivity index (χ1v) is 9.07. The summed E-state index contributed by atoms with van der Waals surface area (Å²) in [6.07, 6.45) is 5.80. The van der Waals surface area contributed by atoms with Crippen LogP contribution in [0, 0.1) is 0 Å². The first-order valence-electron chi connectivity index (χ1n) is 8.69. The normalized spacial score (nSPS) is 27.4.